The van der Waals surface area contributed by atoms with Crippen LogP contribution in [0.5, 0.6) is 0 Å². The van der Waals surface area contributed by atoms with Gasteiger partial charge < -0.3 is 5.32 Å². The molecule has 1 fully saturated rings. The second-order valence-corrected chi connectivity index (χ2v) is 7.26. The number of carbonyl (C=O) groups excluding carboxylic acids is 1. The van der Waals surface area contributed by atoms with Gasteiger partial charge >= 0.3 is 0 Å². The summed E-state index contributed by atoms with van der Waals surface area (Å²) in [6.45, 7) is 1.80. The Morgan fingerprint density at radius 1 is 1.17 bits per heavy atom. The van der Waals surface area contributed by atoms with E-state index >= 15 is 0 Å². The first kappa shape index (κ1) is 15.6. The van der Waals surface area contributed by atoms with Crippen LogP contribution in [0.15, 0.2) is 47.4 Å². The van der Waals surface area contributed by atoms with Gasteiger partial charge in [-0.1, -0.05) is 12.1 Å². The van der Waals surface area contributed by atoms with Crippen LogP contribution in [-0.2, 0) is 10.0 Å². The van der Waals surface area contributed by atoms with E-state index in [0.29, 0.717) is 5.69 Å². The van der Waals surface area contributed by atoms with Gasteiger partial charge in [-0.2, -0.15) is 0 Å². The van der Waals surface area contributed by atoms with Gasteiger partial charge in [-0.3, -0.25) is 4.79 Å². The summed E-state index contributed by atoms with van der Waals surface area (Å²) in [6.07, 6.45) is 1.74. The Bertz CT molecular complexity index is 845. The SMILES string of the molecule is Cc1cccc(C(=O)Nc2cccc(S(=O)(=O)NC3CC3)c2)n1. The summed E-state index contributed by atoms with van der Waals surface area (Å²) in [7, 11) is -3.54. The first-order valence-corrected chi connectivity index (χ1v) is 8.80. The van der Waals surface area contributed by atoms with Crippen molar-refractivity contribution in [3.63, 3.8) is 0 Å². The van der Waals surface area contributed by atoms with Gasteiger partial charge in [0.25, 0.3) is 5.91 Å². The molecular weight excluding hydrogens is 314 g/mol. The van der Waals surface area contributed by atoms with Gasteiger partial charge in [0.1, 0.15) is 5.69 Å². The highest BCUT2D eigenvalue weighted by Crippen LogP contribution is 2.23. The first-order valence-electron chi connectivity index (χ1n) is 7.31. The zero-order valence-electron chi connectivity index (χ0n) is 12.6. The van der Waals surface area contributed by atoms with Crippen LogP contribution in [0.3, 0.4) is 0 Å². The third-order valence-electron chi connectivity index (χ3n) is 3.42. The normalized spacial score (nSPS) is 14.5. The van der Waals surface area contributed by atoms with Crippen molar-refractivity contribution in [2.45, 2.75) is 30.7 Å². The number of nitrogens with zero attached hydrogens (tertiary/aromatic N) is 1. The lowest BCUT2D eigenvalue weighted by Gasteiger charge is -2.09. The average Bonchev–Trinajstić information content (AvgIpc) is 3.31. The summed E-state index contributed by atoms with van der Waals surface area (Å²) in [4.78, 5) is 16.5. The molecule has 1 aromatic carbocycles. The van der Waals surface area contributed by atoms with Crippen molar-refractivity contribution in [2.24, 2.45) is 0 Å². The Morgan fingerprint density at radius 2 is 1.91 bits per heavy atom. The van der Waals surface area contributed by atoms with Gasteiger partial charge in [0.05, 0.1) is 4.90 Å². The molecule has 0 spiro atoms. The topological polar surface area (TPSA) is 88.2 Å². The molecule has 0 bridgehead atoms. The van der Waals surface area contributed by atoms with Crippen molar-refractivity contribution >= 4 is 21.6 Å². The Labute approximate surface area is 135 Å². The van der Waals surface area contributed by atoms with E-state index in [-0.39, 0.29) is 22.5 Å². The summed E-state index contributed by atoms with van der Waals surface area (Å²) in [5.74, 6) is -0.376. The number of carbonyl (C=O) groups is 1. The molecule has 2 aromatic rings. The van der Waals surface area contributed by atoms with E-state index in [1.54, 1.807) is 37.3 Å². The number of anilines is 1. The number of pyridine rings is 1. The molecule has 0 aliphatic heterocycles. The summed E-state index contributed by atoms with van der Waals surface area (Å²) >= 11 is 0. The molecular formula is C16H17N3O3S. The Kier molecular flexibility index (Phi) is 4.14. The summed E-state index contributed by atoms with van der Waals surface area (Å²) in [6, 6.07) is 11.4. The van der Waals surface area contributed by atoms with Crippen molar-refractivity contribution in [1.29, 1.82) is 0 Å². The summed E-state index contributed by atoms with van der Waals surface area (Å²) in [5.41, 5.74) is 1.44. The molecule has 7 heteroatoms. The average molecular weight is 331 g/mol. The van der Waals surface area contributed by atoms with Gasteiger partial charge in [-0.15, -0.1) is 0 Å². The molecule has 0 unspecified atom stereocenters. The molecule has 23 heavy (non-hydrogen) atoms. The second kappa shape index (κ2) is 6.10. The smallest absolute Gasteiger partial charge is 0.274 e. The number of sulfonamides is 1. The van der Waals surface area contributed by atoms with Gasteiger partial charge in [-0.25, -0.2) is 18.1 Å². The molecule has 1 aromatic heterocycles. The third kappa shape index (κ3) is 3.94. The lowest BCUT2D eigenvalue weighted by atomic mass is 10.2. The highest BCUT2D eigenvalue weighted by molar-refractivity contribution is 7.89. The number of benzene rings is 1. The van der Waals surface area contributed by atoms with Crippen LogP contribution < -0.4 is 10.0 Å². The Morgan fingerprint density at radius 3 is 2.61 bits per heavy atom. The first-order chi connectivity index (χ1) is 10.9. The number of rotatable bonds is 5. The molecule has 1 aliphatic carbocycles. The van der Waals surface area contributed by atoms with Gasteiger partial charge in [-0.05, 0) is 50.1 Å². The minimum absolute atomic E-state index is 0.0368. The van der Waals surface area contributed by atoms with Crippen LogP contribution in [0.2, 0.25) is 0 Å². The van der Waals surface area contributed by atoms with Crippen molar-refractivity contribution in [3.8, 4) is 0 Å². The van der Waals surface area contributed by atoms with Crippen LogP contribution in [0.25, 0.3) is 0 Å². The van der Waals surface area contributed by atoms with Crippen LogP contribution in [0.4, 0.5) is 5.69 Å². The highest BCUT2D eigenvalue weighted by Gasteiger charge is 2.28. The van der Waals surface area contributed by atoms with Crippen LogP contribution in [0.1, 0.15) is 29.0 Å². The minimum atomic E-state index is -3.54. The number of hydrogen-bond acceptors (Lipinski definition) is 4. The maximum atomic E-state index is 12.2. The molecule has 0 atom stereocenters. The monoisotopic (exact) mass is 331 g/mol. The standard InChI is InChI=1S/C16H17N3O3S/c1-11-4-2-7-15(17-11)16(20)18-13-5-3-6-14(10-13)23(21,22)19-12-8-9-12/h2-7,10,12,19H,8-9H2,1H3,(H,18,20). The fourth-order valence-electron chi connectivity index (χ4n) is 2.09. The lowest BCUT2D eigenvalue weighted by Crippen LogP contribution is -2.25. The molecule has 3 rings (SSSR count). The third-order valence-corrected chi connectivity index (χ3v) is 4.94. The van der Waals surface area contributed by atoms with Crippen molar-refractivity contribution in [3.05, 3.63) is 53.9 Å². The lowest BCUT2D eigenvalue weighted by molar-refractivity contribution is 0.102. The van der Waals surface area contributed by atoms with E-state index in [1.165, 1.54) is 12.1 Å². The predicted molar refractivity (Wildman–Crippen MR) is 86.7 cm³/mol. The second-order valence-electron chi connectivity index (χ2n) is 5.54. The Balaban J connectivity index is 1.78. The largest absolute Gasteiger partial charge is 0.321 e. The quantitative estimate of drug-likeness (QED) is 0.878. The molecule has 6 nitrogen and oxygen atoms in total. The van der Waals surface area contributed by atoms with Crippen molar-refractivity contribution in [2.75, 3.05) is 5.32 Å². The van der Waals surface area contributed by atoms with Gasteiger partial charge in [0, 0.05) is 17.4 Å². The summed E-state index contributed by atoms with van der Waals surface area (Å²) in [5, 5.41) is 2.67. The van der Waals surface area contributed by atoms with E-state index < -0.39 is 10.0 Å². The van der Waals surface area contributed by atoms with E-state index in [2.05, 4.69) is 15.0 Å². The van der Waals surface area contributed by atoms with E-state index in [9.17, 15) is 13.2 Å². The van der Waals surface area contributed by atoms with Crippen LogP contribution >= 0.6 is 0 Å². The zero-order chi connectivity index (χ0) is 16.4. The fourth-order valence-corrected chi connectivity index (χ4v) is 3.44. The molecule has 0 saturated heterocycles. The number of aryl methyl sites for hydroxylation is 1. The molecule has 2 N–H and O–H groups in total. The predicted octanol–water partition coefficient (Wildman–Crippen LogP) is 2.08. The van der Waals surface area contributed by atoms with Crippen molar-refractivity contribution < 1.29 is 13.2 Å². The number of aromatic nitrogens is 1. The highest BCUT2D eigenvalue weighted by atomic mass is 32.2. The van der Waals surface area contributed by atoms with Crippen LogP contribution in [0, 0.1) is 6.92 Å². The number of amides is 1. The maximum Gasteiger partial charge on any atom is 0.274 e. The molecule has 0 radical (unpaired) electrons. The van der Waals surface area contributed by atoms with Gasteiger partial charge in [0.15, 0.2) is 0 Å². The molecule has 1 saturated carbocycles. The number of nitrogens with one attached hydrogen (secondary N) is 2. The van der Waals surface area contributed by atoms with Gasteiger partial charge in [0.2, 0.25) is 10.0 Å². The van der Waals surface area contributed by atoms with Crippen molar-refractivity contribution in [1.82, 2.24) is 9.71 Å². The molecule has 1 aliphatic rings. The summed E-state index contributed by atoms with van der Waals surface area (Å²) < 4.78 is 27.0. The van der Waals surface area contributed by atoms with E-state index in [1.807, 2.05) is 0 Å². The van der Waals surface area contributed by atoms with Crippen LogP contribution in [-0.4, -0.2) is 25.4 Å². The maximum absolute atomic E-state index is 12.2. The molecule has 120 valence electrons. The minimum Gasteiger partial charge on any atom is -0.321 e. The fraction of sp³-hybridized carbons (Fsp3) is 0.250. The molecule has 1 amide bonds. The number of hydrogen-bond donors (Lipinski definition) is 2. The van der Waals surface area contributed by atoms with E-state index in [0.717, 1.165) is 18.5 Å². The zero-order valence-corrected chi connectivity index (χ0v) is 13.4. The Hall–Kier alpha value is -2.25. The van der Waals surface area contributed by atoms with E-state index in [4.69, 9.17) is 0 Å². The molecule has 1 heterocycles.